The molecule has 3 nitrogen and oxygen atoms in total. The number of hydrogen-bond acceptors (Lipinski definition) is 3. The number of unbranched alkanes of at least 4 members (excludes halogenated alkanes) is 9. The maximum absolute atomic E-state index is 11.2. The Morgan fingerprint density at radius 1 is 0.778 bits per heavy atom. The Balaban J connectivity index is 0.00000119. The lowest BCUT2D eigenvalue weighted by molar-refractivity contribution is 0.461. The van der Waals surface area contributed by atoms with E-state index in [2.05, 4.69) is 33.6 Å². The summed E-state index contributed by atoms with van der Waals surface area (Å²) in [6.07, 6.45) is 13.2. The topological polar surface area (TPSA) is 57.2 Å². The minimum atomic E-state index is -4.35. The molecule has 1 aromatic rings. The first-order chi connectivity index (χ1) is 12.6. The molecule has 0 aromatic heterocycles. The highest BCUT2D eigenvalue weighted by Gasteiger charge is 2.07. The van der Waals surface area contributed by atoms with Gasteiger partial charge in [-0.25, -0.2) is 8.42 Å². The maximum Gasteiger partial charge on any atom is 0.124 e. The van der Waals surface area contributed by atoms with E-state index >= 15 is 0 Å². The number of aryl methyl sites for hydroxylation is 1. The average Bonchev–Trinajstić information content (AvgIpc) is 2.54. The molecule has 0 aliphatic rings. The van der Waals surface area contributed by atoms with Gasteiger partial charge in [0.2, 0.25) is 0 Å². The molecule has 158 valence electrons. The third-order valence-corrected chi connectivity index (χ3v) is 4.98. The second-order valence-corrected chi connectivity index (χ2v) is 15.4. The second kappa shape index (κ2) is 14.5. The third kappa shape index (κ3) is 17.4. The van der Waals surface area contributed by atoms with Crippen molar-refractivity contribution in [1.82, 2.24) is 0 Å². The van der Waals surface area contributed by atoms with Crippen LogP contribution in [-0.2, 0) is 16.5 Å². The Bertz CT molecular complexity index is 586. The van der Waals surface area contributed by atoms with Gasteiger partial charge in [0.15, 0.2) is 0 Å². The largest absolute Gasteiger partial charge is 0.744 e. The van der Waals surface area contributed by atoms with Crippen molar-refractivity contribution >= 4 is 17.4 Å². The molecule has 0 unspecified atom stereocenters. The molecule has 0 radical (unpaired) electrons. The Kier molecular flexibility index (Phi) is 14.3. The van der Waals surface area contributed by atoms with Gasteiger partial charge in [-0.15, -0.1) is 0 Å². The first-order valence-electron chi connectivity index (χ1n) is 10.4. The zero-order valence-electron chi connectivity index (χ0n) is 18.2. The molecule has 0 amide bonds. The van der Waals surface area contributed by atoms with E-state index in [9.17, 15) is 13.0 Å². The molecule has 0 spiro atoms. The molecular formula is C22H41O3PS. The Hall–Kier alpha value is -0.440. The molecule has 1 aromatic carbocycles. The van der Waals surface area contributed by atoms with Gasteiger partial charge in [0.05, 0.1) is 4.90 Å². The fourth-order valence-corrected chi connectivity index (χ4v) is 3.49. The first kappa shape index (κ1) is 26.6. The van der Waals surface area contributed by atoms with Crippen molar-refractivity contribution in [1.29, 1.82) is 0 Å². The lowest BCUT2D eigenvalue weighted by Crippen LogP contribution is -2.03. The molecule has 0 atom stereocenters. The smallest absolute Gasteiger partial charge is 0.124 e. The summed E-state index contributed by atoms with van der Waals surface area (Å²) in [5, 5.41) is 0. The molecule has 0 fully saturated rings. The number of rotatable bonds is 12. The predicted molar refractivity (Wildman–Crippen MR) is 121 cm³/mol. The van der Waals surface area contributed by atoms with Crippen molar-refractivity contribution in [3.63, 3.8) is 0 Å². The molecule has 1 rings (SSSR count). The van der Waals surface area contributed by atoms with E-state index < -0.39 is 10.1 Å². The van der Waals surface area contributed by atoms with Gasteiger partial charge in [-0.3, -0.25) is 0 Å². The number of hydrogen-bond donors (Lipinski definition) is 0. The standard InChI is InChI=1S/C18H30O3S.C4H12P/c1-2-3-4-5-6-7-8-9-10-11-14-17-15-12-13-16-18(17)22(19,20)21;1-5(2,3)4/h12-13,15-16H,2-11,14H2,1H3,(H,19,20,21);1-4H3/q;+1/p-1. The minimum Gasteiger partial charge on any atom is -0.744 e. The van der Waals surface area contributed by atoms with Gasteiger partial charge in [-0.05, 0) is 24.5 Å². The van der Waals surface area contributed by atoms with E-state index in [1.165, 1.54) is 57.4 Å². The highest BCUT2D eigenvalue weighted by molar-refractivity contribution is 7.85. The van der Waals surface area contributed by atoms with Gasteiger partial charge in [0, 0.05) is 33.9 Å². The van der Waals surface area contributed by atoms with Crippen LogP contribution in [0.25, 0.3) is 0 Å². The fourth-order valence-electron chi connectivity index (χ4n) is 2.76. The molecular weight excluding hydrogens is 375 g/mol. The molecule has 0 N–H and O–H groups in total. The van der Waals surface area contributed by atoms with E-state index in [-0.39, 0.29) is 12.2 Å². The van der Waals surface area contributed by atoms with E-state index in [4.69, 9.17) is 0 Å². The van der Waals surface area contributed by atoms with E-state index in [1.807, 2.05) is 0 Å². The van der Waals surface area contributed by atoms with Gasteiger partial charge < -0.3 is 4.55 Å². The normalized spacial score (nSPS) is 11.8. The van der Waals surface area contributed by atoms with Crippen LogP contribution in [0.2, 0.25) is 0 Å². The lowest BCUT2D eigenvalue weighted by atomic mass is 10.0. The summed E-state index contributed by atoms with van der Waals surface area (Å²) in [6, 6.07) is 6.56. The van der Waals surface area contributed by atoms with E-state index in [0.717, 1.165) is 12.8 Å². The van der Waals surface area contributed by atoms with Crippen molar-refractivity contribution < 1.29 is 13.0 Å². The zero-order valence-corrected chi connectivity index (χ0v) is 19.9. The molecule has 0 aliphatic carbocycles. The summed E-state index contributed by atoms with van der Waals surface area (Å²) in [5.74, 6) is 0. The van der Waals surface area contributed by atoms with Crippen LogP contribution in [0.15, 0.2) is 29.2 Å². The van der Waals surface area contributed by atoms with Crippen LogP contribution < -0.4 is 0 Å². The third-order valence-electron chi connectivity index (χ3n) is 4.04. The van der Waals surface area contributed by atoms with Crippen LogP contribution in [0, 0.1) is 0 Å². The van der Waals surface area contributed by atoms with Crippen molar-refractivity contribution in [2.45, 2.75) is 82.4 Å². The molecule has 5 heteroatoms. The zero-order chi connectivity index (χ0) is 20.8. The summed E-state index contributed by atoms with van der Waals surface area (Å²) < 4.78 is 33.5. The first-order valence-corrected chi connectivity index (χ1v) is 15.4. The average molecular weight is 417 g/mol. The van der Waals surface area contributed by atoms with Crippen molar-refractivity contribution in [2.75, 3.05) is 26.7 Å². The van der Waals surface area contributed by atoms with Crippen molar-refractivity contribution in [3.05, 3.63) is 29.8 Å². The van der Waals surface area contributed by atoms with Gasteiger partial charge in [0.1, 0.15) is 10.1 Å². The van der Waals surface area contributed by atoms with Crippen LogP contribution in [0.4, 0.5) is 0 Å². The monoisotopic (exact) mass is 416 g/mol. The molecule has 0 heterocycles. The van der Waals surface area contributed by atoms with Crippen molar-refractivity contribution in [2.24, 2.45) is 0 Å². The molecule has 0 saturated heterocycles. The maximum atomic E-state index is 11.2. The highest BCUT2D eigenvalue weighted by atomic mass is 32.2. The highest BCUT2D eigenvalue weighted by Crippen LogP contribution is 2.40. The SMILES string of the molecule is CCCCCCCCCCCCc1ccccc1S(=O)(=O)[O-].C[P+](C)(C)C. The van der Waals surface area contributed by atoms with Crippen LogP contribution in [-0.4, -0.2) is 39.6 Å². The van der Waals surface area contributed by atoms with Gasteiger partial charge >= 0.3 is 0 Å². The summed E-state index contributed by atoms with van der Waals surface area (Å²) >= 11 is 0. The second-order valence-electron chi connectivity index (χ2n) is 8.68. The number of benzene rings is 1. The molecule has 0 aliphatic heterocycles. The fraction of sp³-hybridized carbons (Fsp3) is 0.727. The Labute approximate surface area is 169 Å². The molecule has 0 bridgehead atoms. The van der Waals surface area contributed by atoms with Crippen molar-refractivity contribution in [3.8, 4) is 0 Å². The van der Waals surface area contributed by atoms with Gasteiger partial charge in [-0.1, -0.05) is 82.9 Å². The summed E-state index contributed by atoms with van der Waals surface area (Å²) in [4.78, 5) is -0.0501. The molecule has 0 saturated carbocycles. The lowest BCUT2D eigenvalue weighted by Gasteiger charge is -2.12. The predicted octanol–water partition coefficient (Wildman–Crippen LogP) is 6.58. The van der Waals surface area contributed by atoms with Crippen LogP contribution in [0.3, 0.4) is 0 Å². The van der Waals surface area contributed by atoms with Crippen LogP contribution in [0.1, 0.15) is 76.7 Å². The molecule has 27 heavy (non-hydrogen) atoms. The van der Waals surface area contributed by atoms with Crippen LogP contribution >= 0.6 is 7.26 Å². The van der Waals surface area contributed by atoms with E-state index in [0.29, 0.717) is 12.0 Å². The van der Waals surface area contributed by atoms with Gasteiger partial charge in [0.25, 0.3) is 0 Å². The van der Waals surface area contributed by atoms with Crippen LogP contribution in [0.5, 0.6) is 0 Å². The Morgan fingerprint density at radius 2 is 1.19 bits per heavy atom. The van der Waals surface area contributed by atoms with E-state index in [1.54, 1.807) is 18.2 Å². The summed E-state index contributed by atoms with van der Waals surface area (Å²) in [5.41, 5.74) is 0.664. The minimum absolute atomic E-state index is 0.0501. The summed E-state index contributed by atoms with van der Waals surface area (Å²) in [6.45, 7) is 11.4. The quantitative estimate of drug-likeness (QED) is 0.220. The van der Waals surface area contributed by atoms with Gasteiger partial charge in [-0.2, -0.15) is 0 Å². The Morgan fingerprint density at radius 3 is 1.63 bits per heavy atom. The summed E-state index contributed by atoms with van der Waals surface area (Å²) in [7, 11) is -4.73.